The summed E-state index contributed by atoms with van der Waals surface area (Å²) in [5.74, 6) is 0.169. The molecule has 4 heteroatoms. The number of Topliss-reactive ketones (excluding diaryl/α,β-unsaturated/α-hetero) is 2. The summed E-state index contributed by atoms with van der Waals surface area (Å²) in [5.41, 5.74) is 1.33. The van der Waals surface area contributed by atoms with Crippen LogP contribution in [0.3, 0.4) is 0 Å². The molecule has 0 aliphatic carbocycles. The fourth-order valence-corrected chi connectivity index (χ4v) is 3.40. The molecule has 2 heterocycles. The van der Waals surface area contributed by atoms with Crippen LogP contribution >= 0.6 is 11.3 Å². The van der Waals surface area contributed by atoms with Crippen molar-refractivity contribution in [1.29, 1.82) is 0 Å². The number of hydrogen-bond donors (Lipinski definition) is 0. The van der Waals surface area contributed by atoms with Crippen molar-refractivity contribution in [1.82, 2.24) is 4.90 Å². The molecule has 0 saturated heterocycles. The van der Waals surface area contributed by atoms with Crippen molar-refractivity contribution >= 4 is 22.9 Å². The van der Waals surface area contributed by atoms with E-state index in [0.717, 1.165) is 9.75 Å². The molecule has 0 aromatic carbocycles. The van der Waals surface area contributed by atoms with Gasteiger partial charge in [0.1, 0.15) is 0 Å². The van der Waals surface area contributed by atoms with Gasteiger partial charge in [-0.25, -0.2) is 0 Å². The maximum atomic E-state index is 12.2. The quantitative estimate of drug-likeness (QED) is 0.769. The Hall–Kier alpha value is -1.00. The summed E-state index contributed by atoms with van der Waals surface area (Å²) in [6.45, 7) is 8.58. The van der Waals surface area contributed by atoms with E-state index in [1.54, 1.807) is 11.3 Å². The third kappa shape index (κ3) is 2.07. The number of thiophene rings is 1. The molecule has 92 valence electrons. The van der Waals surface area contributed by atoms with Gasteiger partial charge < -0.3 is 0 Å². The predicted molar refractivity (Wildman–Crippen MR) is 69.2 cm³/mol. The minimum Gasteiger partial charge on any atom is -0.293 e. The Morgan fingerprint density at radius 3 is 1.76 bits per heavy atom. The van der Waals surface area contributed by atoms with E-state index in [2.05, 4.69) is 0 Å². The zero-order chi connectivity index (χ0) is 12.7. The van der Waals surface area contributed by atoms with E-state index >= 15 is 0 Å². The molecular weight excluding hydrogens is 234 g/mol. The van der Waals surface area contributed by atoms with Crippen molar-refractivity contribution < 1.29 is 9.59 Å². The molecule has 1 aliphatic heterocycles. The summed E-state index contributed by atoms with van der Waals surface area (Å²) in [4.78, 5) is 28.3. The van der Waals surface area contributed by atoms with Gasteiger partial charge in [-0.2, -0.15) is 0 Å². The topological polar surface area (TPSA) is 37.4 Å². The van der Waals surface area contributed by atoms with Crippen molar-refractivity contribution in [2.75, 3.05) is 13.1 Å². The Kier molecular flexibility index (Phi) is 3.19. The second kappa shape index (κ2) is 4.35. The van der Waals surface area contributed by atoms with Gasteiger partial charge in [-0.1, -0.05) is 0 Å². The zero-order valence-corrected chi connectivity index (χ0v) is 11.5. The highest BCUT2D eigenvalue weighted by Gasteiger charge is 2.31. The molecule has 0 saturated carbocycles. The third-order valence-corrected chi connectivity index (χ3v) is 4.26. The molecule has 17 heavy (non-hydrogen) atoms. The third-order valence-electron chi connectivity index (χ3n) is 3.24. The lowest BCUT2D eigenvalue weighted by Gasteiger charge is -2.22. The number of hydrogen-bond acceptors (Lipinski definition) is 4. The van der Waals surface area contributed by atoms with Gasteiger partial charge in [-0.3, -0.25) is 14.5 Å². The predicted octanol–water partition coefficient (Wildman–Crippen LogP) is 2.45. The van der Waals surface area contributed by atoms with Gasteiger partial charge in [0.25, 0.3) is 0 Å². The summed E-state index contributed by atoms with van der Waals surface area (Å²) in [6, 6.07) is 0.219. The van der Waals surface area contributed by atoms with Gasteiger partial charge in [0.15, 0.2) is 11.6 Å². The van der Waals surface area contributed by atoms with Gasteiger partial charge in [0, 0.05) is 26.9 Å². The average Bonchev–Trinajstić information content (AvgIpc) is 2.43. The molecule has 0 radical (unpaired) electrons. The monoisotopic (exact) mass is 251 g/mol. The smallest absolute Gasteiger partial charge is 0.178 e. The first-order valence-corrected chi connectivity index (χ1v) is 6.64. The summed E-state index contributed by atoms with van der Waals surface area (Å²) >= 11 is 1.55. The molecule has 0 N–H and O–H groups in total. The normalized spacial score (nSPS) is 17.5. The number of carbonyl (C=O) groups is 2. The summed E-state index contributed by atoms with van der Waals surface area (Å²) in [5, 5.41) is 0. The van der Waals surface area contributed by atoms with Crippen LogP contribution in [0.1, 0.15) is 44.3 Å². The van der Waals surface area contributed by atoms with Crippen LogP contribution in [0.25, 0.3) is 0 Å². The highest BCUT2D eigenvalue weighted by atomic mass is 32.1. The number of carbonyl (C=O) groups excluding carboxylic acids is 2. The Morgan fingerprint density at radius 1 is 1.00 bits per heavy atom. The van der Waals surface area contributed by atoms with Crippen LogP contribution in [0.4, 0.5) is 0 Å². The van der Waals surface area contributed by atoms with Crippen molar-refractivity contribution in [2.45, 2.75) is 33.7 Å². The van der Waals surface area contributed by atoms with E-state index in [1.807, 2.05) is 32.6 Å². The van der Waals surface area contributed by atoms with Crippen LogP contribution in [0.15, 0.2) is 0 Å². The Labute approximate surface area is 105 Å². The molecule has 0 fully saturated rings. The SMILES string of the molecule is Cc1sc(C)c2c1C(=O)CN(C(C)C)CC2=O. The second-order valence-corrected chi connectivity index (χ2v) is 6.24. The van der Waals surface area contributed by atoms with Crippen molar-refractivity contribution in [2.24, 2.45) is 0 Å². The number of fused-ring (bicyclic) bond motifs is 1. The lowest BCUT2D eigenvalue weighted by atomic mass is 10.0. The molecule has 0 spiro atoms. The minimum atomic E-state index is 0.0846. The fraction of sp³-hybridized carbons (Fsp3) is 0.538. The van der Waals surface area contributed by atoms with Crippen LogP contribution in [0, 0.1) is 13.8 Å². The number of ketones is 2. The van der Waals surface area contributed by atoms with Crippen LogP contribution in [0.2, 0.25) is 0 Å². The van der Waals surface area contributed by atoms with E-state index in [-0.39, 0.29) is 17.6 Å². The van der Waals surface area contributed by atoms with E-state index < -0.39 is 0 Å². The van der Waals surface area contributed by atoms with E-state index in [0.29, 0.717) is 24.2 Å². The highest BCUT2D eigenvalue weighted by Crippen LogP contribution is 2.30. The van der Waals surface area contributed by atoms with Gasteiger partial charge >= 0.3 is 0 Å². The van der Waals surface area contributed by atoms with Crippen molar-refractivity contribution in [3.8, 4) is 0 Å². The minimum absolute atomic E-state index is 0.0846. The first-order chi connectivity index (χ1) is 7.91. The molecule has 1 aromatic heterocycles. The van der Waals surface area contributed by atoms with Crippen LogP contribution in [-0.2, 0) is 0 Å². The number of nitrogens with zero attached hydrogens (tertiary/aromatic N) is 1. The van der Waals surface area contributed by atoms with Crippen LogP contribution in [-0.4, -0.2) is 35.6 Å². The fourth-order valence-electron chi connectivity index (χ4n) is 2.30. The standard InChI is InChI=1S/C13H17NO2S/c1-7(2)14-5-10(15)12-8(3)17-9(4)13(12)11(16)6-14/h7H,5-6H2,1-4H3. The van der Waals surface area contributed by atoms with E-state index in [9.17, 15) is 9.59 Å². The van der Waals surface area contributed by atoms with Crippen molar-refractivity contribution in [3.05, 3.63) is 20.9 Å². The molecular formula is C13H17NO2S. The molecule has 0 amide bonds. The molecule has 1 aliphatic rings. The second-order valence-electron chi connectivity index (χ2n) is 4.81. The summed E-state index contributed by atoms with van der Waals surface area (Å²) < 4.78 is 0. The summed E-state index contributed by atoms with van der Waals surface area (Å²) in [7, 11) is 0. The van der Waals surface area contributed by atoms with Crippen LogP contribution < -0.4 is 0 Å². The first-order valence-electron chi connectivity index (χ1n) is 5.82. The van der Waals surface area contributed by atoms with E-state index in [4.69, 9.17) is 0 Å². The molecule has 3 nitrogen and oxygen atoms in total. The lowest BCUT2D eigenvalue weighted by molar-refractivity contribution is 0.0865. The largest absolute Gasteiger partial charge is 0.293 e. The number of rotatable bonds is 1. The Morgan fingerprint density at radius 2 is 1.41 bits per heavy atom. The Balaban J connectivity index is 2.50. The van der Waals surface area contributed by atoms with Gasteiger partial charge in [-0.05, 0) is 27.7 Å². The molecule has 0 unspecified atom stereocenters. The number of aryl methyl sites for hydroxylation is 2. The molecule has 1 aromatic rings. The van der Waals surface area contributed by atoms with Gasteiger partial charge in [-0.15, -0.1) is 11.3 Å². The molecule has 0 bridgehead atoms. The van der Waals surface area contributed by atoms with Crippen LogP contribution in [0.5, 0.6) is 0 Å². The van der Waals surface area contributed by atoms with Crippen molar-refractivity contribution in [3.63, 3.8) is 0 Å². The molecule has 2 rings (SSSR count). The first kappa shape index (κ1) is 12.5. The maximum Gasteiger partial charge on any atom is 0.178 e. The zero-order valence-electron chi connectivity index (χ0n) is 10.7. The molecule has 0 atom stereocenters. The highest BCUT2D eigenvalue weighted by molar-refractivity contribution is 7.12. The van der Waals surface area contributed by atoms with E-state index in [1.165, 1.54) is 0 Å². The van der Waals surface area contributed by atoms with Gasteiger partial charge in [0.05, 0.1) is 13.1 Å². The maximum absolute atomic E-state index is 12.2. The summed E-state index contributed by atoms with van der Waals surface area (Å²) in [6.07, 6.45) is 0. The lowest BCUT2D eigenvalue weighted by Crippen LogP contribution is -2.37. The Bertz CT molecular complexity index is 449. The van der Waals surface area contributed by atoms with Gasteiger partial charge in [0.2, 0.25) is 0 Å². The average molecular weight is 251 g/mol.